The lowest BCUT2D eigenvalue weighted by Gasteiger charge is -2.35. The second-order valence-electron chi connectivity index (χ2n) is 6.43. The summed E-state index contributed by atoms with van der Waals surface area (Å²) in [6.07, 6.45) is -0.407. The Bertz CT molecular complexity index is 581. The second-order valence-corrected chi connectivity index (χ2v) is 6.43. The standard InChI is InChI=1S/C16H22N2O5/c1-16(2,3)23-15(22)18-9-7-17(8-10-18)14(21)13-11(19)5-4-6-12(13)20/h4-6,19-20H,7-10H2,1-3H3. The largest absolute Gasteiger partial charge is 0.507 e. The van der Waals surface area contributed by atoms with Crippen LogP contribution in [0, 0.1) is 0 Å². The van der Waals surface area contributed by atoms with E-state index in [0.717, 1.165) is 0 Å². The molecule has 1 aromatic rings. The third-order valence-corrected chi connectivity index (χ3v) is 3.45. The first-order valence-electron chi connectivity index (χ1n) is 7.47. The van der Waals surface area contributed by atoms with Crippen molar-refractivity contribution in [2.24, 2.45) is 0 Å². The molecule has 0 aliphatic carbocycles. The SMILES string of the molecule is CC(C)(C)OC(=O)N1CCN(C(=O)c2c(O)cccc2O)CC1. The fourth-order valence-corrected chi connectivity index (χ4v) is 2.32. The zero-order valence-electron chi connectivity index (χ0n) is 13.6. The lowest BCUT2D eigenvalue weighted by atomic mass is 10.1. The Balaban J connectivity index is 1.99. The van der Waals surface area contributed by atoms with Gasteiger partial charge in [0, 0.05) is 26.2 Å². The van der Waals surface area contributed by atoms with Crippen LogP contribution >= 0.6 is 0 Å². The molecule has 7 nitrogen and oxygen atoms in total. The van der Waals surface area contributed by atoms with Crippen LogP contribution < -0.4 is 0 Å². The third-order valence-electron chi connectivity index (χ3n) is 3.45. The quantitative estimate of drug-likeness (QED) is 0.822. The van der Waals surface area contributed by atoms with Gasteiger partial charge in [0.1, 0.15) is 22.7 Å². The van der Waals surface area contributed by atoms with Crippen LogP contribution in [0.4, 0.5) is 4.79 Å². The number of hydrogen-bond donors (Lipinski definition) is 2. The first-order valence-corrected chi connectivity index (χ1v) is 7.47. The fraction of sp³-hybridized carbons (Fsp3) is 0.500. The molecule has 1 aromatic carbocycles. The van der Waals surface area contributed by atoms with Crippen molar-refractivity contribution in [3.05, 3.63) is 23.8 Å². The van der Waals surface area contributed by atoms with Crippen LogP contribution in [0.15, 0.2) is 18.2 Å². The molecule has 1 aliphatic rings. The van der Waals surface area contributed by atoms with Gasteiger partial charge in [0.05, 0.1) is 0 Å². The van der Waals surface area contributed by atoms with E-state index in [1.54, 1.807) is 25.7 Å². The third kappa shape index (κ3) is 4.06. The average molecular weight is 322 g/mol. The Morgan fingerprint density at radius 1 is 1.00 bits per heavy atom. The van der Waals surface area contributed by atoms with E-state index in [-0.39, 0.29) is 17.1 Å². The van der Waals surface area contributed by atoms with Crippen molar-refractivity contribution in [2.45, 2.75) is 26.4 Å². The maximum atomic E-state index is 12.4. The van der Waals surface area contributed by atoms with E-state index in [2.05, 4.69) is 0 Å². The average Bonchev–Trinajstić information content (AvgIpc) is 2.45. The Morgan fingerprint density at radius 2 is 1.48 bits per heavy atom. The molecule has 0 aromatic heterocycles. The highest BCUT2D eigenvalue weighted by molar-refractivity contribution is 5.99. The molecule has 0 bridgehead atoms. The van der Waals surface area contributed by atoms with Gasteiger partial charge in [-0.1, -0.05) is 6.07 Å². The minimum Gasteiger partial charge on any atom is -0.507 e. The monoisotopic (exact) mass is 322 g/mol. The molecule has 7 heteroatoms. The minimum absolute atomic E-state index is 0.113. The Morgan fingerprint density at radius 3 is 1.96 bits per heavy atom. The number of ether oxygens (including phenoxy) is 1. The first kappa shape index (κ1) is 16.9. The van der Waals surface area contributed by atoms with Gasteiger partial charge in [-0.3, -0.25) is 4.79 Å². The zero-order chi connectivity index (χ0) is 17.2. The van der Waals surface area contributed by atoms with E-state index in [9.17, 15) is 19.8 Å². The van der Waals surface area contributed by atoms with Gasteiger partial charge in [-0.25, -0.2) is 4.79 Å². The van der Waals surface area contributed by atoms with Gasteiger partial charge in [-0.05, 0) is 32.9 Å². The van der Waals surface area contributed by atoms with Gasteiger partial charge in [0.2, 0.25) is 0 Å². The number of benzene rings is 1. The summed E-state index contributed by atoms with van der Waals surface area (Å²) < 4.78 is 5.30. The number of phenols is 2. The Hall–Kier alpha value is -2.44. The summed E-state index contributed by atoms with van der Waals surface area (Å²) in [5.74, 6) is -0.974. The second kappa shape index (κ2) is 6.36. The summed E-state index contributed by atoms with van der Waals surface area (Å²) in [5.41, 5.74) is -0.677. The van der Waals surface area contributed by atoms with Crippen LogP contribution in [-0.4, -0.2) is 63.8 Å². The van der Waals surface area contributed by atoms with Crippen LogP contribution in [-0.2, 0) is 4.74 Å². The summed E-state index contributed by atoms with van der Waals surface area (Å²) in [6, 6.07) is 4.16. The van der Waals surface area contributed by atoms with Crippen molar-refractivity contribution >= 4 is 12.0 Å². The number of carbonyl (C=O) groups is 2. The summed E-state index contributed by atoms with van der Waals surface area (Å²) in [6.45, 7) is 6.70. The molecule has 126 valence electrons. The highest BCUT2D eigenvalue weighted by Crippen LogP contribution is 2.28. The highest BCUT2D eigenvalue weighted by Gasteiger charge is 2.29. The molecule has 0 atom stereocenters. The number of amides is 2. The molecule has 2 rings (SSSR count). The normalized spacial score (nSPS) is 15.4. The number of aromatic hydroxyl groups is 2. The van der Waals surface area contributed by atoms with E-state index in [1.165, 1.54) is 23.1 Å². The van der Waals surface area contributed by atoms with Crippen LogP contribution in [0.1, 0.15) is 31.1 Å². The zero-order valence-corrected chi connectivity index (χ0v) is 13.6. The van der Waals surface area contributed by atoms with Crippen molar-refractivity contribution in [1.29, 1.82) is 0 Å². The van der Waals surface area contributed by atoms with Gasteiger partial charge in [0.25, 0.3) is 5.91 Å². The first-order chi connectivity index (χ1) is 10.7. The van der Waals surface area contributed by atoms with Gasteiger partial charge in [0.15, 0.2) is 0 Å². The van der Waals surface area contributed by atoms with Crippen molar-refractivity contribution in [3.8, 4) is 11.5 Å². The number of rotatable bonds is 1. The summed E-state index contributed by atoms with van der Waals surface area (Å²) >= 11 is 0. The van der Waals surface area contributed by atoms with Crippen LogP contribution in [0.2, 0.25) is 0 Å². The number of nitrogens with zero attached hydrogens (tertiary/aromatic N) is 2. The molecule has 2 amide bonds. The van der Waals surface area contributed by atoms with Crippen LogP contribution in [0.5, 0.6) is 11.5 Å². The Kier molecular flexibility index (Phi) is 4.68. The van der Waals surface area contributed by atoms with Crippen molar-refractivity contribution < 1.29 is 24.5 Å². The van der Waals surface area contributed by atoms with Crippen LogP contribution in [0.3, 0.4) is 0 Å². The van der Waals surface area contributed by atoms with Crippen LogP contribution in [0.25, 0.3) is 0 Å². The number of carbonyl (C=O) groups excluding carboxylic acids is 2. The minimum atomic E-state index is -0.564. The maximum Gasteiger partial charge on any atom is 0.410 e. The van der Waals surface area contributed by atoms with E-state index in [1.807, 2.05) is 0 Å². The molecule has 1 saturated heterocycles. The van der Waals surface area contributed by atoms with E-state index in [0.29, 0.717) is 26.2 Å². The molecule has 0 spiro atoms. The topological polar surface area (TPSA) is 90.3 Å². The molecular formula is C16H22N2O5. The molecule has 0 unspecified atom stereocenters. The molecule has 1 aliphatic heterocycles. The van der Waals surface area contributed by atoms with Crippen molar-refractivity contribution in [3.63, 3.8) is 0 Å². The highest BCUT2D eigenvalue weighted by atomic mass is 16.6. The molecule has 0 saturated carbocycles. The fourth-order valence-electron chi connectivity index (χ4n) is 2.32. The molecular weight excluding hydrogens is 300 g/mol. The lowest BCUT2D eigenvalue weighted by molar-refractivity contribution is 0.0140. The predicted molar refractivity (Wildman–Crippen MR) is 83.5 cm³/mol. The maximum absolute atomic E-state index is 12.4. The van der Waals surface area contributed by atoms with Gasteiger partial charge in [-0.15, -0.1) is 0 Å². The summed E-state index contributed by atoms with van der Waals surface area (Å²) in [7, 11) is 0. The van der Waals surface area contributed by atoms with Crippen molar-refractivity contribution in [1.82, 2.24) is 9.80 Å². The smallest absolute Gasteiger partial charge is 0.410 e. The van der Waals surface area contributed by atoms with Crippen molar-refractivity contribution in [2.75, 3.05) is 26.2 Å². The molecule has 23 heavy (non-hydrogen) atoms. The molecule has 1 fully saturated rings. The summed E-state index contributed by atoms with van der Waals surface area (Å²) in [4.78, 5) is 27.4. The van der Waals surface area contributed by atoms with Gasteiger partial charge < -0.3 is 24.7 Å². The number of hydrogen-bond acceptors (Lipinski definition) is 5. The van der Waals surface area contributed by atoms with E-state index < -0.39 is 17.6 Å². The lowest BCUT2D eigenvalue weighted by Crippen LogP contribution is -2.51. The number of piperazine rings is 1. The molecule has 0 radical (unpaired) electrons. The number of phenolic OH excluding ortho intramolecular Hbond substituents is 2. The molecule has 1 heterocycles. The van der Waals surface area contributed by atoms with Gasteiger partial charge >= 0.3 is 6.09 Å². The van der Waals surface area contributed by atoms with E-state index >= 15 is 0 Å². The van der Waals surface area contributed by atoms with Gasteiger partial charge in [-0.2, -0.15) is 0 Å². The summed E-state index contributed by atoms with van der Waals surface area (Å²) in [5, 5.41) is 19.5. The Labute approximate surface area is 135 Å². The predicted octanol–water partition coefficient (Wildman–Crippen LogP) is 1.79. The van der Waals surface area contributed by atoms with E-state index in [4.69, 9.17) is 4.74 Å². The molecule has 2 N–H and O–H groups in total.